The molecule has 0 amide bonds. The number of rotatable bonds is 2. The molecule has 3 atom stereocenters. The van der Waals surface area contributed by atoms with Crippen molar-refractivity contribution < 1.29 is 0 Å². The third-order valence-electron chi connectivity index (χ3n) is 4.04. The van der Waals surface area contributed by atoms with Gasteiger partial charge in [0.15, 0.2) is 0 Å². The van der Waals surface area contributed by atoms with Crippen molar-refractivity contribution in [1.82, 2.24) is 4.90 Å². The molecule has 1 saturated carbocycles. The zero-order chi connectivity index (χ0) is 12.5. The van der Waals surface area contributed by atoms with Gasteiger partial charge in [0.25, 0.3) is 0 Å². The van der Waals surface area contributed by atoms with Gasteiger partial charge in [-0.15, -0.1) is 0 Å². The number of nitrogens with zero attached hydrogens (tertiary/aromatic N) is 1. The van der Waals surface area contributed by atoms with Gasteiger partial charge in [0.1, 0.15) is 0 Å². The van der Waals surface area contributed by atoms with E-state index in [0.29, 0.717) is 5.92 Å². The van der Waals surface area contributed by atoms with Gasteiger partial charge in [0.2, 0.25) is 0 Å². The fourth-order valence-electron chi connectivity index (χ4n) is 3.03. The third-order valence-corrected chi connectivity index (χ3v) is 4.57. The van der Waals surface area contributed by atoms with Crippen molar-refractivity contribution in [3.63, 3.8) is 0 Å². The number of hydrogen-bond donors (Lipinski definition) is 0. The maximum Gasteiger partial charge on any atom is 0.0294 e. The summed E-state index contributed by atoms with van der Waals surface area (Å²) in [5.41, 5.74) is 1.13. The summed E-state index contributed by atoms with van der Waals surface area (Å²) in [6.45, 7) is 6.07. The van der Waals surface area contributed by atoms with Crippen molar-refractivity contribution >= 4 is 15.9 Å². The molecule has 18 heavy (non-hydrogen) atoms. The van der Waals surface area contributed by atoms with E-state index in [2.05, 4.69) is 63.9 Å². The Morgan fingerprint density at radius 3 is 2.50 bits per heavy atom. The average molecular weight is 304 g/mol. The van der Waals surface area contributed by atoms with Crippen LogP contribution in [0, 0.1) is 29.6 Å². The molecule has 1 unspecified atom stereocenters. The number of halogens is 1. The number of benzene rings is 1. The molecular weight excluding hydrogens is 286 g/mol. The van der Waals surface area contributed by atoms with E-state index in [-0.39, 0.29) is 0 Å². The lowest BCUT2D eigenvalue weighted by molar-refractivity contribution is 0.296. The molecule has 0 spiro atoms. The summed E-state index contributed by atoms with van der Waals surface area (Å²) < 4.78 is 1.12. The molecule has 2 heteroatoms. The van der Waals surface area contributed by atoms with E-state index in [1.54, 1.807) is 0 Å². The third kappa shape index (κ3) is 2.48. The molecule has 1 nitrogen and oxygen atoms in total. The molecule has 1 aromatic rings. The zero-order valence-electron chi connectivity index (χ0n) is 10.7. The lowest BCUT2D eigenvalue weighted by atomic mass is 10.2. The highest BCUT2D eigenvalue weighted by atomic mass is 79.9. The second-order valence-corrected chi connectivity index (χ2v) is 6.30. The average Bonchev–Trinajstić information content (AvgIpc) is 2.82. The minimum absolute atomic E-state index is 0.668. The molecule has 0 radical (unpaired) electrons. The molecule has 1 aromatic carbocycles. The van der Waals surface area contributed by atoms with Crippen molar-refractivity contribution in [1.29, 1.82) is 0 Å². The Kier molecular flexibility index (Phi) is 3.46. The number of likely N-dealkylation sites (tertiary alicyclic amines) is 1. The summed E-state index contributed by atoms with van der Waals surface area (Å²) in [6.07, 6.45) is 1.27. The minimum atomic E-state index is 0.668. The number of piperidine rings is 1. The van der Waals surface area contributed by atoms with Gasteiger partial charge >= 0.3 is 0 Å². The molecule has 1 heterocycles. The van der Waals surface area contributed by atoms with Crippen LogP contribution in [0.4, 0.5) is 0 Å². The van der Waals surface area contributed by atoms with Crippen LogP contribution < -0.4 is 0 Å². The van der Waals surface area contributed by atoms with Gasteiger partial charge in [-0.05, 0) is 49.1 Å². The standard InChI is InChI=1S/C16H18BrN/c1-2-9-18-10-15-14(16(15)11-18)8-5-12-3-6-13(17)7-4-12/h3-4,6-7,14-16H,2,9-11H2,1H3/t14?,15-,16+. The van der Waals surface area contributed by atoms with E-state index >= 15 is 0 Å². The lowest BCUT2D eigenvalue weighted by Crippen LogP contribution is -2.24. The molecule has 1 aliphatic carbocycles. The van der Waals surface area contributed by atoms with E-state index in [0.717, 1.165) is 21.9 Å². The fraction of sp³-hybridized carbons (Fsp3) is 0.500. The monoisotopic (exact) mass is 303 g/mol. The summed E-state index contributed by atoms with van der Waals surface area (Å²) in [4.78, 5) is 2.59. The largest absolute Gasteiger partial charge is 0.303 e. The van der Waals surface area contributed by atoms with Crippen molar-refractivity contribution in [2.75, 3.05) is 19.6 Å². The first kappa shape index (κ1) is 12.3. The van der Waals surface area contributed by atoms with Gasteiger partial charge in [-0.1, -0.05) is 34.7 Å². The van der Waals surface area contributed by atoms with Gasteiger partial charge in [-0.2, -0.15) is 0 Å². The predicted molar refractivity (Wildman–Crippen MR) is 78.2 cm³/mol. The highest BCUT2D eigenvalue weighted by Crippen LogP contribution is 2.51. The van der Waals surface area contributed by atoms with E-state index in [4.69, 9.17) is 0 Å². The first-order valence-electron chi connectivity index (χ1n) is 6.77. The quantitative estimate of drug-likeness (QED) is 0.757. The molecule has 2 fully saturated rings. The molecule has 1 aliphatic heterocycles. The molecule has 0 aromatic heterocycles. The van der Waals surface area contributed by atoms with Crippen molar-refractivity contribution in [3.8, 4) is 11.8 Å². The lowest BCUT2D eigenvalue weighted by Gasteiger charge is -2.16. The highest BCUT2D eigenvalue weighted by Gasteiger charge is 2.54. The Morgan fingerprint density at radius 1 is 1.22 bits per heavy atom. The molecule has 94 valence electrons. The maximum atomic E-state index is 3.47. The summed E-state index contributed by atoms with van der Waals surface area (Å²) in [7, 11) is 0. The summed E-state index contributed by atoms with van der Waals surface area (Å²) >= 11 is 3.44. The van der Waals surface area contributed by atoms with Crippen LogP contribution >= 0.6 is 15.9 Å². The highest BCUT2D eigenvalue weighted by molar-refractivity contribution is 9.10. The van der Waals surface area contributed by atoms with Crippen LogP contribution in [0.1, 0.15) is 18.9 Å². The minimum Gasteiger partial charge on any atom is -0.303 e. The first-order valence-corrected chi connectivity index (χ1v) is 7.56. The van der Waals surface area contributed by atoms with Crippen LogP contribution in [0.25, 0.3) is 0 Å². The Morgan fingerprint density at radius 2 is 1.89 bits per heavy atom. The number of fused-ring (bicyclic) bond motifs is 1. The molecule has 1 saturated heterocycles. The van der Waals surface area contributed by atoms with Crippen LogP contribution in [0.5, 0.6) is 0 Å². The topological polar surface area (TPSA) is 3.24 Å². The zero-order valence-corrected chi connectivity index (χ0v) is 12.3. The fourth-order valence-corrected chi connectivity index (χ4v) is 3.29. The molecular formula is C16H18BrN. The van der Waals surface area contributed by atoms with Crippen LogP contribution in [-0.2, 0) is 0 Å². The van der Waals surface area contributed by atoms with Gasteiger partial charge in [-0.25, -0.2) is 0 Å². The molecule has 2 aliphatic rings. The SMILES string of the molecule is CCCN1C[C@@H]2C(C#Cc3ccc(Br)cc3)[C@@H]2C1. The van der Waals surface area contributed by atoms with Crippen LogP contribution in [0.3, 0.4) is 0 Å². The summed E-state index contributed by atoms with van der Waals surface area (Å²) in [5, 5.41) is 0. The van der Waals surface area contributed by atoms with Crippen molar-refractivity contribution in [3.05, 3.63) is 34.3 Å². The molecule has 0 bridgehead atoms. The van der Waals surface area contributed by atoms with E-state index in [9.17, 15) is 0 Å². The van der Waals surface area contributed by atoms with Crippen LogP contribution in [-0.4, -0.2) is 24.5 Å². The Labute approximate surface area is 118 Å². The maximum absolute atomic E-state index is 3.47. The second kappa shape index (κ2) is 5.07. The smallest absolute Gasteiger partial charge is 0.0294 e. The Hall–Kier alpha value is -0.780. The van der Waals surface area contributed by atoms with Gasteiger partial charge in [-0.3, -0.25) is 0 Å². The van der Waals surface area contributed by atoms with Gasteiger partial charge < -0.3 is 4.90 Å². The summed E-state index contributed by atoms with van der Waals surface area (Å²) in [5.74, 6) is 9.17. The van der Waals surface area contributed by atoms with Crippen LogP contribution in [0.15, 0.2) is 28.7 Å². The number of hydrogen-bond acceptors (Lipinski definition) is 1. The normalized spacial score (nSPS) is 29.6. The first-order chi connectivity index (χ1) is 8.78. The van der Waals surface area contributed by atoms with Gasteiger partial charge in [0.05, 0.1) is 0 Å². The van der Waals surface area contributed by atoms with Crippen molar-refractivity contribution in [2.45, 2.75) is 13.3 Å². The van der Waals surface area contributed by atoms with E-state index < -0.39 is 0 Å². The van der Waals surface area contributed by atoms with E-state index in [1.165, 1.54) is 26.1 Å². The van der Waals surface area contributed by atoms with E-state index in [1.807, 2.05) is 0 Å². The van der Waals surface area contributed by atoms with Gasteiger partial charge in [0, 0.05) is 29.0 Å². The molecule has 0 N–H and O–H groups in total. The Balaban J connectivity index is 1.57. The molecule has 3 rings (SSSR count). The van der Waals surface area contributed by atoms with Crippen molar-refractivity contribution in [2.24, 2.45) is 17.8 Å². The Bertz CT molecular complexity index is 470. The van der Waals surface area contributed by atoms with Crippen LogP contribution in [0.2, 0.25) is 0 Å². The predicted octanol–water partition coefficient (Wildman–Crippen LogP) is 3.39. The second-order valence-electron chi connectivity index (χ2n) is 5.39. The summed E-state index contributed by atoms with van der Waals surface area (Å²) in [6, 6.07) is 8.28.